The third-order valence-corrected chi connectivity index (χ3v) is 6.84. The van der Waals surface area contributed by atoms with Gasteiger partial charge in [0.25, 0.3) is 0 Å². The Morgan fingerprint density at radius 1 is 1.25 bits per heavy atom. The van der Waals surface area contributed by atoms with Crippen LogP contribution in [0.4, 0.5) is 5.00 Å². The topological polar surface area (TPSA) is 53.0 Å². The molecular formula is C21H22ClN3O2S. The Bertz CT molecular complexity index is 976. The summed E-state index contributed by atoms with van der Waals surface area (Å²) >= 11 is 7.75. The normalized spacial score (nSPS) is 16.8. The van der Waals surface area contributed by atoms with Crippen molar-refractivity contribution in [3.05, 3.63) is 50.9 Å². The van der Waals surface area contributed by atoms with Gasteiger partial charge in [-0.3, -0.25) is 19.5 Å². The maximum atomic E-state index is 12.9. The summed E-state index contributed by atoms with van der Waals surface area (Å²) in [5, 5.41) is 1.44. The van der Waals surface area contributed by atoms with E-state index in [-0.39, 0.29) is 24.9 Å². The van der Waals surface area contributed by atoms with Crippen LogP contribution in [0.3, 0.4) is 0 Å². The van der Waals surface area contributed by atoms with Gasteiger partial charge in [0.05, 0.1) is 5.71 Å². The molecular weight excluding hydrogens is 394 g/mol. The Kier molecular flexibility index (Phi) is 5.25. The van der Waals surface area contributed by atoms with E-state index in [4.69, 9.17) is 11.6 Å². The van der Waals surface area contributed by atoms with Gasteiger partial charge in [-0.05, 0) is 44.4 Å². The average Bonchev–Trinajstić information content (AvgIpc) is 3.27. The molecule has 3 heterocycles. The van der Waals surface area contributed by atoms with Crippen molar-refractivity contribution in [1.29, 1.82) is 0 Å². The molecule has 0 spiro atoms. The van der Waals surface area contributed by atoms with Crippen molar-refractivity contribution in [2.45, 2.75) is 26.7 Å². The number of aliphatic imine (C=N–C) groups is 1. The third-order valence-electron chi connectivity index (χ3n) is 5.37. The number of amides is 2. The molecule has 0 atom stereocenters. The smallest absolute Gasteiger partial charge is 0.249 e. The number of hydrogen-bond donors (Lipinski definition) is 0. The van der Waals surface area contributed by atoms with Crippen LogP contribution in [0.25, 0.3) is 0 Å². The van der Waals surface area contributed by atoms with E-state index in [9.17, 15) is 9.59 Å². The van der Waals surface area contributed by atoms with Crippen molar-refractivity contribution in [3.8, 4) is 0 Å². The largest absolute Gasteiger partial charge is 0.341 e. The first kappa shape index (κ1) is 19.2. The standard InChI is InChI=1S/C21H22ClN3O2S/c1-13-14(2)28-21-19(13)20(15-6-5-7-16(22)10-15)23-11-17(26)25(21)12-18(27)24-8-3-4-9-24/h5-7,10H,3-4,8-9,11-12H2,1-2H3. The van der Waals surface area contributed by atoms with Crippen LogP contribution in [0, 0.1) is 13.8 Å². The van der Waals surface area contributed by atoms with Crippen LogP contribution in [0.15, 0.2) is 29.3 Å². The quantitative estimate of drug-likeness (QED) is 0.765. The predicted molar refractivity (Wildman–Crippen MR) is 114 cm³/mol. The number of carbonyl (C=O) groups excluding carboxylic acids is 2. The molecule has 2 amide bonds. The van der Waals surface area contributed by atoms with Gasteiger partial charge < -0.3 is 4.90 Å². The molecule has 1 fully saturated rings. The maximum absolute atomic E-state index is 12.9. The Morgan fingerprint density at radius 2 is 2.00 bits per heavy atom. The number of halogens is 1. The molecule has 0 unspecified atom stereocenters. The third kappa shape index (κ3) is 3.47. The number of aryl methyl sites for hydroxylation is 1. The van der Waals surface area contributed by atoms with Crippen LogP contribution >= 0.6 is 22.9 Å². The molecule has 7 heteroatoms. The Labute approximate surface area is 173 Å². The lowest BCUT2D eigenvalue weighted by Crippen LogP contribution is -2.42. The summed E-state index contributed by atoms with van der Waals surface area (Å²) in [5.41, 5.74) is 3.68. The lowest BCUT2D eigenvalue weighted by atomic mass is 10.00. The molecule has 1 aromatic heterocycles. The van der Waals surface area contributed by atoms with Gasteiger partial charge in [-0.1, -0.05) is 23.7 Å². The first-order chi connectivity index (χ1) is 13.5. The molecule has 0 bridgehead atoms. The second-order valence-corrected chi connectivity index (χ2v) is 8.85. The molecule has 0 N–H and O–H groups in total. The van der Waals surface area contributed by atoms with Crippen LogP contribution in [-0.2, 0) is 9.59 Å². The molecule has 5 nitrogen and oxygen atoms in total. The summed E-state index contributed by atoms with van der Waals surface area (Å²) in [7, 11) is 0. The van der Waals surface area contributed by atoms with Gasteiger partial charge in [-0.2, -0.15) is 0 Å². The van der Waals surface area contributed by atoms with E-state index in [1.54, 1.807) is 16.2 Å². The Hall–Kier alpha value is -2.18. The number of benzene rings is 1. The van der Waals surface area contributed by atoms with Gasteiger partial charge in [-0.25, -0.2) is 0 Å². The van der Waals surface area contributed by atoms with E-state index in [0.29, 0.717) is 5.02 Å². The Balaban J connectivity index is 1.76. The second-order valence-electron chi connectivity index (χ2n) is 7.21. The summed E-state index contributed by atoms with van der Waals surface area (Å²) in [6.07, 6.45) is 2.06. The van der Waals surface area contributed by atoms with Gasteiger partial charge >= 0.3 is 0 Å². The average molecular weight is 416 g/mol. The van der Waals surface area contributed by atoms with Gasteiger partial charge in [0.15, 0.2) is 0 Å². The van der Waals surface area contributed by atoms with Crippen molar-refractivity contribution in [2.24, 2.45) is 4.99 Å². The second kappa shape index (κ2) is 7.68. The van der Waals surface area contributed by atoms with Gasteiger partial charge in [0.2, 0.25) is 11.8 Å². The van der Waals surface area contributed by atoms with Crippen LogP contribution in [0.5, 0.6) is 0 Å². The molecule has 0 radical (unpaired) electrons. The predicted octanol–water partition coefficient (Wildman–Crippen LogP) is 3.82. The first-order valence-corrected chi connectivity index (χ1v) is 10.6. The summed E-state index contributed by atoms with van der Waals surface area (Å²) < 4.78 is 0. The van der Waals surface area contributed by atoms with Crippen LogP contribution in [-0.4, -0.2) is 48.6 Å². The van der Waals surface area contributed by atoms with E-state index in [1.165, 1.54) is 0 Å². The fourth-order valence-electron chi connectivity index (χ4n) is 3.74. The number of thiophene rings is 1. The molecule has 146 valence electrons. The number of anilines is 1. The van der Waals surface area contributed by atoms with Gasteiger partial charge in [0, 0.05) is 34.1 Å². The van der Waals surface area contributed by atoms with E-state index < -0.39 is 0 Å². The van der Waals surface area contributed by atoms with Crippen molar-refractivity contribution in [3.63, 3.8) is 0 Å². The van der Waals surface area contributed by atoms with Crippen LogP contribution in [0.2, 0.25) is 5.02 Å². The monoisotopic (exact) mass is 415 g/mol. The van der Waals surface area contributed by atoms with Gasteiger partial charge in [-0.15, -0.1) is 11.3 Å². The fourth-order valence-corrected chi connectivity index (χ4v) is 5.10. The number of likely N-dealkylation sites (tertiary alicyclic amines) is 1. The number of hydrogen-bond acceptors (Lipinski definition) is 4. The number of nitrogens with zero attached hydrogens (tertiary/aromatic N) is 3. The van der Waals surface area contributed by atoms with Gasteiger partial charge in [0.1, 0.15) is 18.1 Å². The highest BCUT2D eigenvalue weighted by Crippen LogP contribution is 2.39. The molecule has 28 heavy (non-hydrogen) atoms. The lowest BCUT2D eigenvalue weighted by Gasteiger charge is -2.23. The van der Waals surface area contributed by atoms with Crippen LogP contribution in [0.1, 0.15) is 34.4 Å². The van der Waals surface area contributed by atoms with E-state index in [2.05, 4.69) is 4.99 Å². The minimum atomic E-state index is -0.146. The first-order valence-electron chi connectivity index (χ1n) is 9.44. The highest BCUT2D eigenvalue weighted by molar-refractivity contribution is 7.17. The molecule has 2 aliphatic rings. The molecule has 0 saturated carbocycles. The number of fused-ring (bicyclic) bond motifs is 1. The van der Waals surface area contributed by atoms with Crippen molar-refractivity contribution >= 4 is 45.5 Å². The highest BCUT2D eigenvalue weighted by Gasteiger charge is 2.32. The molecule has 2 aromatic rings. The molecule has 1 aromatic carbocycles. The molecule has 4 rings (SSSR count). The van der Waals surface area contributed by atoms with Crippen LogP contribution < -0.4 is 4.90 Å². The summed E-state index contributed by atoms with van der Waals surface area (Å²) in [6, 6.07) is 7.53. The Morgan fingerprint density at radius 3 is 2.71 bits per heavy atom. The molecule has 0 aliphatic carbocycles. The summed E-state index contributed by atoms with van der Waals surface area (Å²) in [4.78, 5) is 34.9. The van der Waals surface area contributed by atoms with Crippen molar-refractivity contribution in [2.75, 3.05) is 31.1 Å². The SMILES string of the molecule is Cc1sc2c(c1C)C(c1cccc(Cl)c1)=NCC(=O)N2CC(=O)N1CCCC1. The van der Waals surface area contributed by atoms with Crippen molar-refractivity contribution in [1.82, 2.24) is 4.90 Å². The minimum absolute atomic E-state index is 0.00621. The lowest BCUT2D eigenvalue weighted by molar-refractivity contribution is -0.130. The minimum Gasteiger partial charge on any atom is -0.341 e. The summed E-state index contributed by atoms with van der Waals surface area (Å²) in [6.45, 7) is 5.73. The molecule has 2 aliphatic heterocycles. The highest BCUT2D eigenvalue weighted by atomic mass is 35.5. The van der Waals surface area contributed by atoms with E-state index in [1.807, 2.05) is 43.0 Å². The van der Waals surface area contributed by atoms with E-state index in [0.717, 1.165) is 58.2 Å². The van der Waals surface area contributed by atoms with E-state index >= 15 is 0 Å². The zero-order chi connectivity index (χ0) is 19.8. The summed E-state index contributed by atoms with van der Waals surface area (Å²) in [5.74, 6) is -0.140. The number of carbonyl (C=O) groups is 2. The van der Waals surface area contributed by atoms with Crippen molar-refractivity contribution < 1.29 is 9.59 Å². The fraction of sp³-hybridized carbons (Fsp3) is 0.381. The maximum Gasteiger partial charge on any atom is 0.249 e. The number of rotatable bonds is 3. The molecule has 1 saturated heterocycles. The zero-order valence-corrected chi connectivity index (χ0v) is 17.6. The zero-order valence-electron chi connectivity index (χ0n) is 16.0.